The van der Waals surface area contributed by atoms with E-state index >= 15 is 0 Å². The lowest BCUT2D eigenvalue weighted by Gasteiger charge is -2.21. The smallest absolute Gasteiger partial charge is 0.335 e. The summed E-state index contributed by atoms with van der Waals surface area (Å²) in [7, 11) is 2.02. The highest BCUT2D eigenvalue weighted by atomic mass is 35.5. The number of halogens is 4. The highest BCUT2D eigenvalue weighted by Gasteiger charge is 2.27. The van der Waals surface area contributed by atoms with Gasteiger partial charge in [-0.25, -0.2) is 9.59 Å². The molecule has 0 saturated carbocycles. The average Bonchev–Trinajstić information content (AvgIpc) is 2.81. The number of aromatic carboxylic acids is 1. The molecule has 1 aliphatic heterocycles. The zero-order chi connectivity index (χ0) is 21.6. The van der Waals surface area contributed by atoms with Gasteiger partial charge in [0.25, 0.3) is 0 Å². The molecule has 1 saturated heterocycles. The Morgan fingerprint density at radius 1 is 1.10 bits per heavy atom. The molecule has 2 heterocycles. The number of fused-ring (bicyclic) bond motifs is 1. The quantitative estimate of drug-likeness (QED) is 0.509. The number of likely N-dealkylation sites (tertiary alicyclic amines) is 1. The molecule has 0 aliphatic carbocycles. The molecule has 1 fully saturated rings. The summed E-state index contributed by atoms with van der Waals surface area (Å²) in [5, 5.41) is 10.5. The van der Waals surface area contributed by atoms with Crippen LogP contribution in [0, 0.1) is 0 Å². The number of carbonyl (C=O) groups is 1. The topological polar surface area (TPSA) is 67.5 Å². The number of hydrogen-bond donors (Lipinski definition) is 1. The third-order valence-electron chi connectivity index (χ3n) is 5.54. The largest absolute Gasteiger partial charge is 0.478 e. The SMILES string of the molecule is CN1CCCCC(n2c(=O)n(-c3ccc(Cl)cc3Cl)c3c(Cl)cc(C(=O)O)cc32)C1.Cl. The van der Waals surface area contributed by atoms with E-state index < -0.39 is 5.97 Å². The van der Waals surface area contributed by atoms with Crippen LogP contribution < -0.4 is 5.69 Å². The van der Waals surface area contributed by atoms with Gasteiger partial charge < -0.3 is 10.0 Å². The van der Waals surface area contributed by atoms with Crippen molar-refractivity contribution in [3.8, 4) is 5.69 Å². The zero-order valence-electron chi connectivity index (χ0n) is 16.6. The second-order valence-corrected chi connectivity index (χ2v) is 8.88. The zero-order valence-corrected chi connectivity index (χ0v) is 19.7. The van der Waals surface area contributed by atoms with Crippen molar-refractivity contribution in [2.75, 3.05) is 20.1 Å². The Morgan fingerprint density at radius 3 is 2.52 bits per heavy atom. The van der Waals surface area contributed by atoms with Gasteiger partial charge in [-0.15, -0.1) is 12.4 Å². The standard InChI is InChI=1S/C21H20Cl3N3O3.ClH/c1-25-7-3-2-4-14(11-25)26-18-9-12(20(28)29)8-16(24)19(18)27(21(26)30)17-6-5-13(22)10-15(17)23;/h5-6,8-10,14H,2-4,7,11H2,1H3,(H,28,29);1H. The Bertz CT molecular complexity index is 1200. The number of imidazole rings is 1. The maximum atomic E-state index is 13.7. The van der Waals surface area contributed by atoms with Gasteiger partial charge in [0.2, 0.25) is 0 Å². The first-order valence-corrected chi connectivity index (χ1v) is 10.7. The Labute approximate surface area is 200 Å². The summed E-state index contributed by atoms with van der Waals surface area (Å²) in [5.41, 5.74) is 1.09. The van der Waals surface area contributed by atoms with E-state index in [1.54, 1.807) is 22.8 Å². The maximum absolute atomic E-state index is 13.7. The minimum Gasteiger partial charge on any atom is -0.478 e. The van der Waals surface area contributed by atoms with Crippen molar-refractivity contribution in [2.24, 2.45) is 0 Å². The predicted octanol–water partition coefficient (Wildman–Crippen LogP) is 5.53. The van der Waals surface area contributed by atoms with E-state index in [2.05, 4.69) is 4.90 Å². The minimum atomic E-state index is -1.10. The first-order valence-electron chi connectivity index (χ1n) is 9.61. The molecule has 6 nitrogen and oxygen atoms in total. The van der Waals surface area contributed by atoms with Gasteiger partial charge in [-0.3, -0.25) is 9.13 Å². The van der Waals surface area contributed by atoms with Crippen LogP contribution in [0.2, 0.25) is 15.1 Å². The molecule has 0 amide bonds. The highest BCUT2D eigenvalue weighted by Crippen LogP contribution is 2.33. The summed E-state index contributed by atoms with van der Waals surface area (Å²) in [5.74, 6) is -1.10. The van der Waals surface area contributed by atoms with Gasteiger partial charge >= 0.3 is 11.7 Å². The molecule has 1 N–H and O–H groups in total. The van der Waals surface area contributed by atoms with Crippen molar-refractivity contribution >= 4 is 64.2 Å². The second-order valence-electron chi connectivity index (χ2n) is 7.63. The molecular weight excluding hydrogens is 484 g/mol. The number of carboxylic acid groups (broad SMARTS) is 1. The van der Waals surface area contributed by atoms with Crippen LogP contribution in [0.25, 0.3) is 16.7 Å². The Hall–Kier alpha value is -1.70. The Balaban J connectivity index is 0.00000272. The van der Waals surface area contributed by atoms with E-state index in [1.165, 1.54) is 16.7 Å². The molecule has 1 atom stereocenters. The van der Waals surface area contributed by atoms with Crippen LogP contribution in [-0.2, 0) is 0 Å². The van der Waals surface area contributed by atoms with Crippen LogP contribution >= 0.6 is 47.2 Å². The minimum absolute atomic E-state index is 0. The van der Waals surface area contributed by atoms with Crippen molar-refractivity contribution in [1.29, 1.82) is 0 Å². The van der Waals surface area contributed by atoms with E-state index in [1.807, 2.05) is 7.05 Å². The molecule has 1 aliphatic rings. The van der Waals surface area contributed by atoms with Gasteiger partial charge in [0.15, 0.2) is 0 Å². The second kappa shape index (κ2) is 9.43. The van der Waals surface area contributed by atoms with Gasteiger partial charge in [-0.2, -0.15) is 0 Å². The van der Waals surface area contributed by atoms with E-state index in [0.29, 0.717) is 33.3 Å². The molecule has 166 valence electrons. The van der Waals surface area contributed by atoms with Crippen LogP contribution in [0.3, 0.4) is 0 Å². The van der Waals surface area contributed by atoms with Crippen LogP contribution in [0.15, 0.2) is 35.1 Å². The summed E-state index contributed by atoms with van der Waals surface area (Å²) >= 11 is 19.0. The number of carboxylic acids is 1. The molecule has 4 rings (SSSR count). The first-order chi connectivity index (χ1) is 14.3. The van der Waals surface area contributed by atoms with E-state index in [0.717, 1.165) is 25.8 Å². The molecule has 2 aromatic carbocycles. The van der Waals surface area contributed by atoms with Crippen LogP contribution in [-0.4, -0.2) is 45.2 Å². The van der Waals surface area contributed by atoms with Crippen molar-refractivity contribution in [3.63, 3.8) is 0 Å². The monoisotopic (exact) mass is 503 g/mol. The molecule has 0 bridgehead atoms. The number of likely N-dealkylation sites (N-methyl/N-ethyl adjacent to an activating group) is 1. The van der Waals surface area contributed by atoms with E-state index in [9.17, 15) is 14.7 Å². The summed E-state index contributed by atoms with van der Waals surface area (Å²) in [6, 6.07) is 7.63. The summed E-state index contributed by atoms with van der Waals surface area (Å²) in [4.78, 5) is 27.5. The lowest BCUT2D eigenvalue weighted by molar-refractivity contribution is 0.0697. The number of nitrogens with zero attached hydrogens (tertiary/aromatic N) is 3. The first kappa shape index (κ1) is 24.0. The molecule has 0 spiro atoms. The predicted molar refractivity (Wildman–Crippen MR) is 127 cm³/mol. The van der Waals surface area contributed by atoms with Gasteiger partial charge in [0.05, 0.1) is 38.4 Å². The third kappa shape index (κ3) is 4.45. The lowest BCUT2D eigenvalue weighted by Crippen LogP contribution is -2.32. The molecule has 0 radical (unpaired) electrons. The number of hydrogen-bond acceptors (Lipinski definition) is 3. The average molecular weight is 505 g/mol. The van der Waals surface area contributed by atoms with Crippen LogP contribution in [0.4, 0.5) is 0 Å². The lowest BCUT2D eigenvalue weighted by atomic mass is 10.1. The summed E-state index contributed by atoms with van der Waals surface area (Å²) < 4.78 is 3.12. The van der Waals surface area contributed by atoms with Crippen LogP contribution in [0.1, 0.15) is 35.7 Å². The molecule has 10 heteroatoms. The van der Waals surface area contributed by atoms with Gasteiger partial charge in [0, 0.05) is 11.6 Å². The molecule has 31 heavy (non-hydrogen) atoms. The van der Waals surface area contributed by atoms with Gasteiger partial charge in [-0.1, -0.05) is 41.2 Å². The van der Waals surface area contributed by atoms with Crippen molar-refractivity contribution in [1.82, 2.24) is 14.0 Å². The number of rotatable bonds is 3. The van der Waals surface area contributed by atoms with Gasteiger partial charge in [-0.05, 0) is 56.8 Å². The maximum Gasteiger partial charge on any atom is 0.335 e. The molecule has 1 aromatic heterocycles. The summed E-state index contributed by atoms with van der Waals surface area (Å²) in [6.07, 6.45) is 2.83. The summed E-state index contributed by atoms with van der Waals surface area (Å²) in [6.45, 7) is 1.64. The Morgan fingerprint density at radius 2 is 1.84 bits per heavy atom. The number of aromatic nitrogens is 2. The third-order valence-corrected chi connectivity index (χ3v) is 6.36. The fourth-order valence-electron chi connectivity index (χ4n) is 4.17. The molecular formula is C21H21Cl4N3O3. The highest BCUT2D eigenvalue weighted by molar-refractivity contribution is 6.37. The van der Waals surface area contributed by atoms with E-state index in [4.69, 9.17) is 34.8 Å². The van der Waals surface area contributed by atoms with Crippen molar-refractivity contribution < 1.29 is 9.90 Å². The molecule has 3 aromatic rings. The fraction of sp³-hybridized carbons (Fsp3) is 0.333. The number of benzene rings is 2. The molecule has 1 unspecified atom stereocenters. The van der Waals surface area contributed by atoms with Gasteiger partial charge in [0.1, 0.15) is 0 Å². The Kier molecular flexibility index (Phi) is 7.28. The van der Waals surface area contributed by atoms with E-state index in [-0.39, 0.29) is 34.7 Å². The van der Waals surface area contributed by atoms with Crippen molar-refractivity contribution in [3.05, 3.63) is 61.4 Å². The van der Waals surface area contributed by atoms with Crippen LogP contribution in [0.5, 0.6) is 0 Å². The normalized spacial score (nSPS) is 17.4. The fourth-order valence-corrected chi connectivity index (χ4v) is 4.97. The van der Waals surface area contributed by atoms with Crippen molar-refractivity contribution in [2.45, 2.75) is 25.3 Å².